The van der Waals surface area contributed by atoms with Crippen LogP contribution in [-0.2, 0) is 0 Å². The van der Waals surface area contributed by atoms with E-state index in [0.717, 1.165) is 41.1 Å². The van der Waals surface area contributed by atoms with Crippen molar-refractivity contribution in [1.82, 2.24) is 24.5 Å². The third kappa shape index (κ3) is 1.86. The van der Waals surface area contributed by atoms with Gasteiger partial charge in [-0.3, -0.25) is 4.57 Å². The molecule has 0 unspecified atom stereocenters. The minimum absolute atomic E-state index is 0.400. The topological polar surface area (TPSA) is 60.9 Å². The second-order valence-corrected chi connectivity index (χ2v) is 5.18. The van der Waals surface area contributed by atoms with Crippen molar-refractivity contribution < 1.29 is 0 Å². The van der Waals surface area contributed by atoms with Crippen LogP contribution in [0.2, 0.25) is 0 Å². The van der Waals surface area contributed by atoms with E-state index in [1.807, 2.05) is 13.0 Å². The van der Waals surface area contributed by atoms with Gasteiger partial charge in [0.1, 0.15) is 17.7 Å². The zero-order chi connectivity index (χ0) is 14.4. The number of aryl methyl sites for hydroxylation is 1. The van der Waals surface area contributed by atoms with E-state index < -0.39 is 0 Å². The molecule has 0 amide bonds. The largest absolute Gasteiger partial charge is 0.361 e. The fourth-order valence-electron chi connectivity index (χ4n) is 2.51. The molecule has 6 heteroatoms. The van der Waals surface area contributed by atoms with Gasteiger partial charge in [0.25, 0.3) is 11.5 Å². The first-order valence-electron chi connectivity index (χ1n) is 6.81. The van der Waals surface area contributed by atoms with Crippen LogP contribution in [0, 0.1) is 13.5 Å². The van der Waals surface area contributed by atoms with E-state index in [1.54, 1.807) is 12.3 Å². The van der Waals surface area contributed by atoms with E-state index in [1.165, 1.54) is 6.33 Å². The summed E-state index contributed by atoms with van der Waals surface area (Å²) >= 11 is 0. The molecule has 6 nitrogen and oxygen atoms in total. The molecular weight excluding hydrogens is 264 g/mol. The molecule has 0 atom stereocenters. The maximum Gasteiger partial charge on any atom is 0.271 e. The quantitative estimate of drug-likeness (QED) is 0.675. The highest BCUT2D eigenvalue weighted by Gasteiger charge is 2.31. The molecule has 1 saturated carbocycles. The lowest BCUT2D eigenvalue weighted by Gasteiger charge is -2.06. The van der Waals surface area contributed by atoms with Crippen molar-refractivity contribution in [3.05, 3.63) is 41.8 Å². The Kier molecular flexibility index (Phi) is 2.48. The molecule has 0 spiro atoms. The summed E-state index contributed by atoms with van der Waals surface area (Å²) in [5, 5.41) is 0. The lowest BCUT2D eigenvalue weighted by Crippen LogP contribution is -2.01. The number of fused-ring (bicyclic) bond motifs is 1. The summed E-state index contributed by atoms with van der Waals surface area (Å²) < 4.78 is 2.13. The molecule has 0 saturated heterocycles. The molecule has 1 aliphatic carbocycles. The van der Waals surface area contributed by atoms with Crippen molar-refractivity contribution in [2.45, 2.75) is 25.8 Å². The predicted octanol–water partition coefficient (Wildman–Crippen LogP) is 3.08. The van der Waals surface area contributed by atoms with Crippen LogP contribution in [-0.4, -0.2) is 24.5 Å². The van der Waals surface area contributed by atoms with Crippen molar-refractivity contribution >= 4 is 17.0 Å². The third-order valence-corrected chi connectivity index (χ3v) is 3.70. The molecular formula is C15H12N6. The highest BCUT2D eigenvalue weighted by molar-refractivity contribution is 5.79. The highest BCUT2D eigenvalue weighted by Crippen LogP contribution is 2.41. The molecule has 0 N–H and O–H groups in total. The Morgan fingerprint density at radius 3 is 2.86 bits per heavy atom. The van der Waals surface area contributed by atoms with E-state index >= 15 is 0 Å². The first kappa shape index (κ1) is 12.0. The Bertz CT molecular complexity index is 885. The van der Waals surface area contributed by atoms with Crippen molar-refractivity contribution in [3.8, 4) is 11.4 Å². The molecule has 1 fully saturated rings. The zero-order valence-electron chi connectivity index (χ0n) is 11.5. The Morgan fingerprint density at radius 1 is 1.29 bits per heavy atom. The van der Waals surface area contributed by atoms with Gasteiger partial charge in [0, 0.05) is 12.2 Å². The maximum absolute atomic E-state index is 7.13. The summed E-state index contributed by atoms with van der Waals surface area (Å²) in [5.74, 6) is 1.25. The number of hydrogen-bond acceptors (Lipinski definition) is 4. The second kappa shape index (κ2) is 4.35. The molecule has 0 aromatic carbocycles. The van der Waals surface area contributed by atoms with Gasteiger partial charge in [-0.15, -0.1) is 0 Å². The molecule has 1 aliphatic rings. The molecule has 3 aromatic rings. The number of rotatable bonds is 2. The molecule has 0 aliphatic heterocycles. The molecule has 0 bridgehead atoms. The standard InChI is InChI=1S/C15H12N6/c1-9-11(7-17-8-18-9)14-19-12-5-6-13(16-2)20-15(12)21(14)10-3-4-10/h5-8,10H,3-4H2,1H3. The second-order valence-electron chi connectivity index (χ2n) is 5.18. The summed E-state index contributed by atoms with van der Waals surface area (Å²) in [6.45, 7) is 9.08. The van der Waals surface area contributed by atoms with Crippen molar-refractivity contribution in [2.24, 2.45) is 0 Å². The maximum atomic E-state index is 7.13. The Morgan fingerprint density at radius 2 is 2.14 bits per heavy atom. The summed E-state index contributed by atoms with van der Waals surface area (Å²) in [6, 6.07) is 3.98. The Hall–Kier alpha value is -2.81. The average molecular weight is 276 g/mol. The minimum atomic E-state index is 0.400. The monoisotopic (exact) mass is 276 g/mol. The van der Waals surface area contributed by atoms with Crippen LogP contribution >= 0.6 is 0 Å². The molecule has 3 aromatic heterocycles. The van der Waals surface area contributed by atoms with E-state index in [0.29, 0.717) is 11.9 Å². The first-order valence-corrected chi connectivity index (χ1v) is 6.81. The van der Waals surface area contributed by atoms with Crippen LogP contribution in [0.3, 0.4) is 0 Å². The fraction of sp³-hybridized carbons (Fsp3) is 0.267. The zero-order valence-corrected chi connectivity index (χ0v) is 11.5. The Balaban J connectivity index is 2.03. The SMILES string of the molecule is [C-]#[N+]c1ccc2nc(-c3cncnc3C)n(C3CC3)c2n1. The number of aromatic nitrogens is 5. The van der Waals surface area contributed by atoms with Crippen LogP contribution in [0.25, 0.3) is 27.4 Å². The number of pyridine rings is 1. The molecule has 4 rings (SSSR count). The van der Waals surface area contributed by atoms with Gasteiger partial charge in [-0.25, -0.2) is 15.0 Å². The van der Waals surface area contributed by atoms with Gasteiger partial charge in [-0.2, -0.15) is 0 Å². The number of nitrogens with zero attached hydrogens (tertiary/aromatic N) is 6. The summed E-state index contributed by atoms with van der Waals surface area (Å²) in [6.07, 6.45) is 5.57. The van der Waals surface area contributed by atoms with Crippen LogP contribution < -0.4 is 0 Å². The molecule has 102 valence electrons. The molecule has 3 heterocycles. The highest BCUT2D eigenvalue weighted by atomic mass is 15.2. The molecule has 21 heavy (non-hydrogen) atoms. The van der Waals surface area contributed by atoms with Gasteiger partial charge >= 0.3 is 0 Å². The van der Waals surface area contributed by atoms with Crippen LogP contribution in [0.1, 0.15) is 24.6 Å². The number of imidazole rings is 1. The smallest absolute Gasteiger partial charge is 0.271 e. The number of hydrogen-bond donors (Lipinski definition) is 0. The van der Waals surface area contributed by atoms with E-state index in [9.17, 15) is 0 Å². The van der Waals surface area contributed by atoms with Crippen LogP contribution in [0.15, 0.2) is 24.7 Å². The normalized spacial score (nSPS) is 14.3. The lowest BCUT2D eigenvalue weighted by molar-refractivity contribution is 0.765. The van der Waals surface area contributed by atoms with Crippen molar-refractivity contribution in [2.75, 3.05) is 0 Å². The summed E-state index contributed by atoms with van der Waals surface area (Å²) in [5.41, 5.74) is 3.41. The van der Waals surface area contributed by atoms with Crippen molar-refractivity contribution in [3.63, 3.8) is 0 Å². The van der Waals surface area contributed by atoms with Gasteiger partial charge in [0.2, 0.25) is 0 Å². The molecule has 0 radical (unpaired) electrons. The fourth-order valence-corrected chi connectivity index (χ4v) is 2.51. The third-order valence-electron chi connectivity index (χ3n) is 3.70. The predicted molar refractivity (Wildman–Crippen MR) is 77.8 cm³/mol. The van der Waals surface area contributed by atoms with Gasteiger partial charge in [-0.05, 0) is 31.9 Å². The summed E-state index contributed by atoms with van der Waals surface area (Å²) in [7, 11) is 0. The van der Waals surface area contributed by atoms with Gasteiger partial charge in [-0.1, -0.05) is 11.6 Å². The Labute approximate surface area is 121 Å². The van der Waals surface area contributed by atoms with Crippen LogP contribution in [0.5, 0.6) is 0 Å². The van der Waals surface area contributed by atoms with Gasteiger partial charge in [0.15, 0.2) is 0 Å². The average Bonchev–Trinajstić information content (AvgIpc) is 3.27. The van der Waals surface area contributed by atoms with Gasteiger partial charge in [0.05, 0.1) is 11.3 Å². The minimum Gasteiger partial charge on any atom is -0.361 e. The van der Waals surface area contributed by atoms with Gasteiger partial charge < -0.3 is 4.85 Å². The lowest BCUT2D eigenvalue weighted by atomic mass is 10.2. The first-order chi connectivity index (χ1) is 10.3. The summed E-state index contributed by atoms with van der Waals surface area (Å²) in [4.78, 5) is 20.9. The van der Waals surface area contributed by atoms with Crippen molar-refractivity contribution in [1.29, 1.82) is 0 Å². The van der Waals surface area contributed by atoms with E-state index in [4.69, 9.17) is 11.6 Å². The van der Waals surface area contributed by atoms with E-state index in [-0.39, 0.29) is 0 Å². The van der Waals surface area contributed by atoms with E-state index in [2.05, 4.69) is 24.4 Å². The van der Waals surface area contributed by atoms with Crippen LogP contribution in [0.4, 0.5) is 5.82 Å².